The fourth-order valence-corrected chi connectivity index (χ4v) is 18.7. The van der Waals surface area contributed by atoms with Crippen LogP contribution in [0.3, 0.4) is 0 Å². The second kappa shape index (κ2) is 47.9. The molecule has 9 atom stereocenters. The van der Waals surface area contributed by atoms with E-state index in [2.05, 4.69) is 186 Å². The summed E-state index contributed by atoms with van der Waals surface area (Å²) in [5.74, 6) is 1.20. The molecule has 14 rings (SSSR count). The summed E-state index contributed by atoms with van der Waals surface area (Å²) < 4.78 is 0. The number of hydrogen-bond donors (Lipinski definition) is 6. The Morgan fingerprint density at radius 3 is 1.07 bits per heavy atom. The van der Waals surface area contributed by atoms with Gasteiger partial charge in [-0.25, -0.2) is 0 Å². The molecule has 0 aliphatic carbocycles. The number of halogens is 2. The molecule has 21 heteroatoms. The molecule has 0 bridgehead atoms. The lowest BCUT2D eigenvalue weighted by Gasteiger charge is -2.34. The van der Waals surface area contributed by atoms with Crippen LogP contribution in [-0.4, -0.2) is 244 Å². The van der Waals surface area contributed by atoms with Crippen molar-refractivity contribution in [3.8, 4) is 0 Å². The molecule has 19 nitrogen and oxygen atoms in total. The number of piperazine rings is 1. The molecule has 0 spiro atoms. The zero-order valence-electron chi connectivity index (χ0n) is 72.2. The van der Waals surface area contributed by atoms with Gasteiger partial charge in [-0.05, 0) is 197 Å². The van der Waals surface area contributed by atoms with Crippen molar-refractivity contribution in [2.24, 2.45) is 0 Å². The largest absolute Gasteiger partial charge is 0.350 e. The molecule has 648 valence electrons. The molecule has 6 heterocycles. The minimum absolute atomic E-state index is 0.0139. The molecule has 0 saturated carbocycles. The van der Waals surface area contributed by atoms with Crippen LogP contribution in [-0.2, 0) is 14.4 Å². The van der Waals surface area contributed by atoms with Crippen LogP contribution in [0, 0.1) is 0 Å². The molecule has 6 saturated heterocycles. The average Bonchev–Trinajstić information content (AvgIpc) is 1.73. The minimum Gasteiger partial charge on any atom is -0.350 e. The number of carbonyl (C=O) groups is 6. The number of fused-ring (bicyclic) bond motifs is 2. The van der Waals surface area contributed by atoms with Crippen molar-refractivity contribution in [3.05, 3.63) is 238 Å². The summed E-state index contributed by atoms with van der Waals surface area (Å²) in [6.45, 7) is 23.7. The monoisotopic (exact) mass is 1680 g/mol. The van der Waals surface area contributed by atoms with E-state index >= 15 is 0 Å². The highest BCUT2D eigenvalue weighted by Crippen LogP contribution is 2.30. The van der Waals surface area contributed by atoms with Crippen molar-refractivity contribution < 1.29 is 28.8 Å². The van der Waals surface area contributed by atoms with Gasteiger partial charge in [0.2, 0.25) is 17.7 Å². The van der Waals surface area contributed by atoms with Gasteiger partial charge in [-0.2, -0.15) is 0 Å². The Morgan fingerprint density at radius 1 is 0.372 bits per heavy atom. The number of rotatable bonds is 32. The molecular weight excluding hydrogens is 1550 g/mol. The molecule has 0 radical (unpaired) electrons. The van der Waals surface area contributed by atoms with E-state index in [1.807, 2.05) is 83.8 Å². The first-order valence-electron chi connectivity index (χ1n) is 45.5. The highest BCUT2D eigenvalue weighted by atomic mass is 35.5. The van der Waals surface area contributed by atoms with E-state index < -0.39 is 0 Å². The lowest BCUT2D eigenvalue weighted by Crippen LogP contribution is -2.51. The molecule has 6 aliphatic heterocycles. The molecule has 0 unspecified atom stereocenters. The van der Waals surface area contributed by atoms with Gasteiger partial charge in [0.15, 0.2) is 0 Å². The zero-order valence-corrected chi connectivity index (χ0v) is 73.7. The number of hydrogen-bond acceptors (Lipinski definition) is 13. The Kier molecular flexibility index (Phi) is 36.2. The van der Waals surface area contributed by atoms with E-state index in [9.17, 15) is 28.8 Å². The average molecular weight is 1680 g/mol. The minimum atomic E-state index is -0.285. The maximum absolute atomic E-state index is 14.0. The predicted molar refractivity (Wildman–Crippen MR) is 493 cm³/mol. The van der Waals surface area contributed by atoms with Crippen LogP contribution in [0.2, 0.25) is 10.0 Å². The summed E-state index contributed by atoms with van der Waals surface area (Å²) in [5, 5.41) is 25.5. The van der Waals surface area contributed by atoms with Crippen molar-refractivity contribution in [3.63, 3.8) is 0 Å². The smallest absolute Gasteiger partial charge is 0.251 e. The van der Waals surface area contributed by atoms with Crippen LogP contribution >= 0.6 is 23.2 Å². The van der Waals surface area contributed by atoms with Crippen molar-refractivity contribution in [2.75, 3.05) is 138 Å². The highest BCUT2D eigenvalue weighted by Gasteiger charge is 2.37. The maximum Gasteiger partial charge on any atom is 0.251 e. The van der Waals surface area contributed by atoms with Gasteiger partial charge in [0.05, 0.1) is 28.2 Å². The Bertz CT molecular complexity index is 4350. The molecule has 6 aliphatic rings. The van der Waals surface area contributed by atoms with Gasteiger partial charge in [0.25, 0.3) is 17.7 Å². The van der Waals surface area contributed by atoms with Gasteiger partial charge in [0.1, 0.15) is 0 Å². The second-order valence-corrected chi connectivity index (χ2v) is 35.3. The van der Waals surface area contributed by atoms with E-state index in [0.29, 0.717) is 90.3 Å². The van der Waals surface area contributed by atoms with Crippen LogP contribution < -0.4 is 31.9 Å². The maximum atomic E-state index is 14.0. The summed E-state index contributed by atoms with van der Waals surface area (Å²) in [6, 6.07) is 63.8. The molecule has 8 aromatic rings. The Hall–Kier alpha value is -8.60. The van der Waals surface area contributed by atoms with Gasteiger partial charge in [0, 0.05) is 157 Å². The van der Waals surface area contributed by atoms with Crippen LogP contribution in [0.4, 0.5) is 0 Å². The summed E-state index contributed by atoms with van der Waals surface area (Å²) in [7, 11) is 2.15. The van der Waals surface area contributed by atoms with Crippen LogP contribution in [0.25, 0.3) is 21.5 Å². The zero-order chi connectivity index (χ0) is 84.7. The standard InChI is InChI=1S/2C35H46N4O2.C30H41Cl2N5O2/c2*1-2-11-31(27-12-5-3-6-13-27)26-39-23-18-32(37-33(35(39)41)19-22-38-20-9-4-10-21-38)25-36-34(40)30-17-16-28-14-7-8-15-29(28)24-30;1-3-22(23-7-5-4-6-8-23)21-37-14-11-25(20-33-29(38)24-9-10-26(31)27(32)19-24)34-28(30(37)39)12-13-36-17-15-35(2)16-18-36/h2*3,5-8,12-17,24,31-33,37H,2,4,9-11,18-23,25-26H2,1H3,(H,36,40);4-10,19,22,25,28,34H,3,11-18,20-21H2,1-2H3,(H,33,38)/t31-,32+,33+;31-,32-,33-;22-,25+,28+/m101/s1. The van der Waals surface area contributed by atoms with Gasteiger partial charge >= 0.3 is 0 Å². The number of amides is 6. The molecule has 6 N–H and O–H groups in total. The molecule has 6 fully saturated rings. The third kappa shape index (κ3) is 27.7. The molecule has 0 aromatic heterocycles. The number of likely N-dealkylation sites (N-methyl/N-ethyl adjacent to an activating group) is 1. The van der Waals surface area contributed by atoms with E-state index in [4.69, 9.17) is 23.2 Å². The third-order valence-corrected chi connectivity index (χ3v) is 26.5. The first-order valence-corrected chi connectivity index (χ1v) is 46.2. The first-order chi connectivity index (χ1) is 59.0. The number of piperidine rings is 2. The highest BCUT2D eigenvalue weighted by molar-refractivity contribution is 6.42. The lowest BCUT2D eigenvalue weighted by atomic mass is 9.93. The van der Waals surface area contributed by atoms with Crippen LogP contribution in [0.1, 0.15) is 195 Å². The van der Waals surface area contributed by atoms with Gasteiger partial charge < -0.3 is 66.2 Å². The van der Waals surface area contributed by atoms with Crippen LogP contribution in [0.5, 0.6) is 0 Å². The van der Waals surface area contributed by atoms with Crippen molar-refractivity contribution in [1.82, 2.24) is 66.2 Å². The fourth-order valence-electron chi connectivity index (χ4n) is 18.4. The summed E-state index contributed by atoms with van der Waals surface area (Å²) in [4.78, 5) is 96.9. The number of nitrogens with one attached hydrogen (secondary N) is 6. The summed E-state index contributed by atoms with van der Waals surface area (Å²) in [6.07, 6.45) is 17.6. The van der Waals surface area contributed by atoms with E-state index in [1.165, 1.54) is 55.2 Å². The predicted octanol–water partition coefficient (Wildman–Crippen LogP) is 15.3. The fraction of sp³-hybridized carbons (Fsp3) is 0.500. The first kappa shape index (κ1) is 91.6. The summed E-state index contributed by atoms with van der Waals surface area (Å²) in [5.41, 5.74) is 5.69. The van der Waals surface area contributed by atoms with Crippen molar-refractivity contribution in [2.45, 2.75) is 184 Å². The lowest BCUT2D eigenvalue weighted by molar-refractivity contribution is -0.134. The van der Waals surface area contributed by atoms with E-state index in [-0.39, 0.29) is 71.7 Å². The number of nitrogens with zero attached hydrogens (tertiary/aromatic N) is 7. The molecule has 6 amide bonds. The Morgan fingerprint density at radius 2 is 0.702 bits per heavy atom. The molecular formula is C100H133Cl2N13O6. The normalized spacial score (nSPS) is 21.3. The number of carbonyl (C=O) groups excluding carboxylic acids is 6. The van der Waals surface area contributed by atoms with Crippen molar-refractivity contribution >= 4 is 80.2 Å². The van der Waals surface area contributed by atoms with Crippen molar-refractivity contribution in [1.29, 1.82) is 0 Å². The Balaban J connectivity index is 0.000000166. The second-order valence-electron chi connectivity index (χ2n) is 34.5. The summed E-state index contributed by atoms with van der Waals surface area (Å²) >= 11 is 12.1. The van der Waals surface area contributed by atoms with Crippen LogP contribution in [0.15, 0.2) is 194 Å². The van der Waals surface area contributed by atoms with E-state index in [0.717, 1.165) is 177 Å². The van der Waals surface area contributed by atoms with Gasteiger partial charge in [-0.3, -0.25) is 28.8 Å². The topological polar surface area (TPSA) is 197 Å². The molecule has 8 aromatic carbocycles. The van der Waals surface area contributed by atoms with E-state index in [1.54, 1.807) is 18.2 Å². The quantitative estimate of drug-likeness (QED) is 0.0233. The molecule has 121 heavy (non-hydrogen) atoms. The Labute approximate surface area is 730 Å². The van der Waals surface area contributed by atoms with Gasteiger partial charge in [-0.15, -0.1) is 0 Å². The number of likely N-dealkylation sites (tertiary alicyclic amines) is 2. The number of benzene rings is 8. The SMILES string of the molecule is CCC[C@@H](CN1CC[C@@H](CNC(=O)c2ccc3ccccc3c2)N[C@@H](CCN2CCCCC2)C1=O)c1ccccc1.CCC[C@H](CN1CC[C@@H](CNC(=O)c2ccc3ccccc3c2)N[C@@H](CCN2CCCCC2)C1=O)c1ccccc1.CC[C@H](CN1CC[C@@H](CNC(=O)c2ccc(Cl)c(Cl)c2)N[C@@H](CCN2CCN(C)CC2)C1=O)c1ccccc1. The van der Waals surface area contributed by atoms with Gasteiger partial charge in [-0.1, -0.05) is 221 Å². The third-order valence-electron chi connectivity index (χ3n) is 25.7.